The Morgan fingerprint density at radius 2 is 2.29 bits per heavy atom. The Hall–Kier alpha value is -2.23. The van der Waals surface area contributed by atoms with E-state index in [1.54, 1.807) is 30.7 Å². The zero-order valence-corrected chi connectivity index (χ0v) is 9.46. The number of hydrogen-bond donors (Lipinski definition) is 1. The van der Waals surface area contributed by atoms with E-state index in [1.807, 2.05) is 12.1 Å². The summed E-state index contributed by atoms with van der Waals surface area (Å²) >= 11 is 0. The number of furan rings is 1. The summed E-state index contributed by atoms with van der Waals surface area (Å²) in [5.41, 5.74) is 0.867. The Morgan fingerprint density at radius 3 is 3.00 bits per heavy atom. The number of nitrogens with zero attached hydrogens (tertiary/aromatic N) is 1. The number of benzene rings is 1. The van der Waals surface area contributed by atoms with Crippen molar-refractivity contribution < 1.29 is 14.3 Å². The third-order valence-electron chi connectivity index (χ3n) is 2.27. The van der Waals surface area contributed by atoms with Gasteiger partial charge in [0.25, 0.3) is 0 Å². The second kappa shape index (κ2) is 5.21. The highest BCUT2D eigenvalue weighted by Crippen LogP contribution is 2.25. The fourth-order valence-corrected chi connectivity index (χ4v) is 1.42. The average molecular weight is 231 g/mol. The number of phenols is 1. The van der Waals surface area contributed by atoms with Crippen molar-refractivity contribution in [3.05, 3.63) is 47.9 Å². The van der Waals surface area contributed by atoms with Gasteiger partial charge in [-0.15, -0.1) is 0 Å². The van der Waals surface area contributed by atoms with Gasteiger partial charge >= 0.3 is 0 Å². The fraction of sp³-hybridized carbons (Fsp3) is 0.154. The summed E-state index contributed by atoms with van der Waals surface area (Å²) in [5.74, 6) is 1.37. The van der Waals surface area contributed by atoms with E-state index < -0.39 is 0 Å². The molecule has 0 bridgehead atoms. The van der Waals surface area contributed by atoms with E-state index in [4.69, 9.17) is 9.15 Å². The lowest BCUT2D eigenvalue weighted by Gasteiger charge is -2.03. The predicted octanol–water partition coefficient (Wildman–Crippen LogP) is 2.61. The average Bonchev–Trinajstić information content (AvgIpc) is 2.84. The molecule has 0 aliphatic rings. The zero-order valence-electron chi connectivity index (χ0n) is 9.46. The molecule has 4 nitrogen and oxygen atoms in total. The van der Waals surface area contributed by atoms with E-state index in [1.165, 1.54) is 7.11 Å². The van der Waals surface area contributed by atoms with E-state index in [0.717, 1.165) is 11.3 Å². The van der Waals surface area contributed by atoms with Gasteiger partial charge in [0.2, 0.25) is 0 Å². The molecule has 1 heterocycles. The molecule has 1 N–H and O–H groups in total. The highest BCUT2D eigenvalue weighted by molar-refractivity contribution is 5.80. The van der Waals surface area contributed by atoms with Gasteiger partial charge < -0.3 is 14.3 Å². The van der Waals surface area contributed by atoms with Gasteiger partial charge in [0.1, 0.15) is 5.76 Å². The van der Waals surface area contributed by atoms with Crippen LogP contribution >= 0.6 is 0 Å². The summed E-state index contributed by atoms with van der Waals surface area (Å²) in [6, 6.07) is 8.76. The summed E-state index contributed by atoms with van der Waals surface area (Å²) in [6.45, 7) is 0.496. The van der Waals surface area contributed by atoms with Gasteiger partial charge in [-0.1, -0.05) is 0 Å². The zero-order chi connectivity index (χ0) is 12.1. The summed E-state index contributed by atoms with van der Waals surface area (Å²) in [7, 11) is 1.51. The molecule has 0 radical (unpaired) electrons. The first-order valence-corrected chi connectivity index (χ1v) is 5.19. The van der Waals surface area contributed by atoms with Crippen molar-refractivity contribution in [3.63, 3.8) is 0 Å². The van der Waals surface area contributed by atoms with Crippen LogP contribution in [0.3, 0.4) is 0 Å². The van der Waals surface area contributed by atoms with Crippen LogP contribution in [0.5, 0.6) is 11.5 Å². The summed E-state index contributed by atoms with van der Waals surface area (Å²) in [4.78, 5) is 4.23. The largest absolute Gasteiger partial charge is 0.504 e. The van der Waals surface area contributed by atoms with Crippen molar-refractivity contribution in [1.82, 2.24) is 0 Å². The Bertz CT molecular complexity index is 503. The maximum absolute atomic E-state index is 9.43. The molecule has 0 spiro atoms. The number of aliphatic imine (C=N–C) groups is 1. The SMILES string of the molecule is COc1cc(C=NCc2ccco2)ccc1O. The molecular weight excluding hydrogens is 218 g/mol. The van der Waals surface area contributed by atoms with Crippen molar-refractivity contribution >= 4 is 6.21 Å². The fourth-order valence-electron chi connectivity index (χ4n) is 1.42. The van der Waals surface area contributed by atoms with E-state index in [9.17, 15) is 5.11 Å². The highest BCUT2D eigenvalue weighted by atomic mass is 16.5. The molecule has 17 heavy (non-hydrogen) atoms. The van der Waals surface area contributed by atoms with E-state index in [-0.39, 0.29) is 5.75 Å². The van der Waals surface area contributed by atoms with Crippen LogP contribution < -0.4 is 4.74 Å². The molecule has 0 saturated carbocycles. The number of aromatic hydroxyl groups is 1. The molecule has 2 rings (SSSR count). The Kier molecular flexibility index (Phi) is 3.45. The molecule has 0 aliphatic heterocycles. The Balaban J connectivity index is 2.05. The smallest absolute Gasteiger partial charge is 0.161 e. The minimum absolute atomic E-state index is 0.121. The van der Waals surface area contributed by atoms with Gasteiger partial charge in [-0.3, -0.25) is 4.99 Å². The van der Waals surface area contributed by atoms with Crippen LogP contribution in [-0.2, 0) is 6.54 Å². The number of ether oxygens (including phenoxy) is 1. The second-order valence-corrected chi connectivity index (χ2v) is 3.48. The van der Waals surface area contributed by atoms with Crippen molar-refractivity contribution in [2.45, 2.75) is 6.54 Å². The van der Waals surface area contributed by atoms with Crippen LogP contribution in [-0.4, -0.2) is 18.4 Å². The molecule has 0 saturated heterocycles. The van der Waals surface area contributed by atoms with Gasteiger partial charge in [0.15, 0.2) is 11.5 Å². The molecule has 0 aliphatic carbocycles. The lowest BCUT2D eigenvalue weighted by atomic mass is 10.2. The molecule has 0 atom stereocenters. The maximum atomic E-state index is 9.43. The van der Waals surface area contributed by atoms with Gasteiger partial charge in [0.05, 0.1) is 19.9 Å². The van der Waals surface area contributed by atoms with Crippen molar-refractivity contribution in [3.8, 4) is 11.5 Å². The molecule has 0 amide bonds. The maximum Gasteiger partial charge on any atom is 0.161 e. The number of rotatable bonds is 4. The van der Waals surface area contributed by atoms with E-state index in [2.05, 4.69) is 4.99 Å². The van der Waals surface area contributed by atoms with Gasteiger partial charge in [-0.25, -0.2) is 0 Å². The first-order valence-electron chi connectivity index (χ1n) is 5.19. The van der Waals surface area contributed by atoms with Gasteiger partial charge in [-0.05, 0) is 35.9 Å². The molecule has 0 unspecified atom stereocenters. The highest BCUT2D eigenvalue weighted by Gasteiger charge is 2.00. The van der Waals surface area contributed by atoms with Crippen LogP contribution in [0.25, 0.3) is 0 Å². The molecule has 2 aromatic rings. The second-order valence-electron chi connectivity index (χ2n) is 3.48. The number of methoxy groups -OCH3 is 1. The van der Waals surface area contributed by atoms with Crippen LogP contribution in [0.1, 0.15) is 11.3 Å². The van der Waals surface area contributed by atoms with Gasteiger partial charge in [-0.2, -0.15) is 0 Å². The van der Waals surface area contributed by atoms with Crippen LogP contribution in [0.15, 0.2) is 46.0 Å². The van der Waals surface area contributed by atoms with Crippen molar-refractivity contribution in [2.75, 3.05) is 7.11 Å². The topological polar surface area (TPSA) is 55.0 Å². The summed E-state index contributed by atoms with van der Waals surface area (Å²) in [6.07, 6.45) is 3.33. The van der Waals surface area contributed by atoms with Crippen molar-refractivity contribution in [1.29, 1.82) is 0 Å². The van der Waals surface area contributed by atoms with E-state index >= 15 is 0 Å². The minimum atomic E-state index is 0.121. The number of hydrogen-bond acceptors (Lipinski definition) is 4. The minimum Gasteiger partial charge on any atom is -0.504 e. The third-order valence-corrected chi connectivity index (χ3v) is 2.27. The van der Waals surface area contributed by atoms with Crippen LogP contribution in [0, 0.1) is 0 Å². The standard InChI is InChI=1S/C13H13NO3/c1-16-13-7-10(4-5-12(13)15)8-14-9-11-3-2-6-17-11/h2-8,15H,9H2,1H3. The molecule has 1 aromatic heterocycles. The Labute approximate surface area is 99.2 Å². The van der Waals surface area contributed by atoms with Crippen LogP contribution in [0.4, 0.5) is 0 Å². The summed E-state index contributed by atoms with van der Waals surface area (Å²) in [5, 5.41) is 9.43. The molecular formula is C13H13NO3. The normalized spacial score (nSPS) is 10.9. The monoisotopic (exact) mass is 231 g/mol. The van der Waals surface area contributed by atoms with Crippen LogP contribution in [0.2, 0.25) is 0 Å². The lowest BCUT2D eigenvalue weighted by molar-refractivity contribution is 0.373. The Morgan fingerprint density at radius 1 is 1.41 bits per heavy atom. The molecule has 1 aromatic carbocycles. The summed E-state index contributed by atoms with van der Waals surface area (Å²) < 4.78 is 10.2. The molecule has 88 valence electrons. The van der Waals surface area contributed by atoms with E-state index in [0.29, 0.717) is 12.3 Å². The predicted molar refractivity (Wildman–Crippen MR) is 64.7 cm³/mol. The van der Waals surface area contributed by atoms with Crippen molar-refractivity contribution in [2.24, 2.45) is 4.99 Å². The first-order chi connectivity index (χ1) is 8.29. The van der Waals surface area contributed by atoms with Gasteiger partial charge in [0, 0.05) is 6.21 Å². The number of phenolic OH excluding ortho intramolecular Hbond substituents is 1. The third kappa shape index (κ3) is 2.87. The molecule has 4 heteroatoms. The quantitative estimate of drug-likeness (QED) is 0.823. The molecule has 0 fully saturated rings. The lowest BCUT2D eigenvalue weighted by Crippen LogP contribution is -1.87. The first kappa shape index (κ1) is 11.3.